The standard InChI is InChI=1S/C11H16O/c12-11-6-2-4-9-3-1-5-10(7-9)8-11/h3,10H,1-2,4-8H2. The second-order valence-electron chi connectivity index (χ2n) is 4.11. The van der Waals surface area contributed by atoms with Crippen molar-refractivity contribution in [2.45, 2.75) is 44.9 Å². The molecule has 2 aliphatic carbocycles. The van der Waals surface area contributed by atoms with Crippen molar-refractivity contribution in [1.82, 2.24) is 0 Å². The van der Waals surface area contributed by atoms with Crippen LogP contribution in [0.2, 0.25) is 0 Å². The first-order chi connectivity index (χ1) is 5.84. The van der Waals surface area contributed by atoms with Crippen LogP contribution >= 0.6 is 0 Å². The van der Waals surface area contributed by atoms with E-state index in [4.69, 9.17) is 0 Å². The highest BCUT2D eigenvalue weighted by atomic mass is 16.1. The van der Waals surface area contributed by atoms with Crippen LogP contribution in [0, 0.1) is 5.92 Å². The Labute approximate surface area is 73.8 Å². The Morgan fingerprint density at radius 2 is 2.17 bits per heavy atom. The molecule has 66 valence electrons. The molecule has 0 aromatic heterocycles. The van der Waals surface area contributed by atoms with E-state index in [1.54, 1.807) is 5.57 Å². The zero-order valence-electron chi connectivity index (χ0n) is 7.51. The zero-order chi connectivity index (χ0) is 8.39. The topological polar surface area (TPSA) is 17.1 Å². The number of carbonyl (C=O) groups excluding carboxylic acids is 1. The molecule has 0 spiro atoms. The molecule has 0 aromatic carbocycles. The monoisotopic (exact) mass is 164 g/mol. The zero-order valence-corrected chi connectivity index (χ0v) is 7.51. The number of fused-ring (bicyclic) bond motifs is 2. The number of hydrogen-bond donors (Lipinski definition) is 0. The molecule has 1 atom stereocenters. The minimum Gasteiger partial charge on any atom is -0.300 e. The van der Waals surface area contributed by atoms with Crippen molar-refractivity contribution in [3.8, 4) is 0 Å². The van der Waals surface area contributed by atoms with Gasteiger partial charge in [0.05, 0.1) is 0 Å². The average molecular weight is 164 g/mol. The summed E-state index contributed by atoms with van der Waals surface area (Å²) in [6.07, 6.45) is 10.0. The quantitative estimate of drug-likeness (QED) is 0.503. The Hall–Kier alpha value is -0.590. The fourth-order valence-corrected chi connectivity index (χ4v) is 2.39. The van der Waals surface area contributed by atoms with Crippen molar-refractivity contribution < 1.29 is 4.79 Å². The summed E-state index contributed by atoms with van der Waals surface area (Å²) in [6, 6.07) is 0. The van der Waals surface area contributed by atoms with Crippen molar-refractivity contribution in [1.29, 1.82) is 0 Å². The van der Waals surface area contributed by atoms with Gasteiger partial charge in [0.1, 0.15) is 5.78 Å². The lowest BCUT2D eigenvalue weighted by Gasteiger charge is -2.24. The van der Waals surface area contributed by atoms with Crippen molar-refractivity contribution >= 4 is 5.78 Å². The molecule has 0 N–H and O–H groups in total. The van der Waals surface area contributed by atoms with Crippen LogP contribution in [-0.4, -0.2) is 5.78 Å². The molecule has 0 radical (unpaired) electrons. The van der Waals surface area contributed by atoms with Gasteiger partial charge in [0.2, 0.25) is 0 Å². The molecule has 12 heavy (non-hydrogen) atoms. The largest absolute Gasteiger partial charge is 0.300 e. The highest BCUT2D eigenvalue weighted by Gasteiger charge is 2.20. The van der Waals surface area contributed by atoms with E-state index in [2.05, 4.69) is 6.08 Å². The van der Waals surface area contributed by atoms with Gasteiger partial charge in [0.15, 0.2) is 0 Å². The van der Waals surface area contributed by atoms with E-state index in [9.17, 15) is 4.79 Å². The van der Waals surface area contributed by atoms with Gasteiger partial charge in [-0.1, -0.05) is 11.6 Å². The van der Waals surface area contributed by atoms with Gasteiger partial charge >= 0.3 is 0 Å². The third kappa shape index (κ3) is 1.77. The van der Waals surface area contributed by atoms with Crippen LogP contribution in [0.5, 0.6) is 0 Å². The van der Waals surface area contributed by atoms with Crippen LogP contribution in [0.25, 0.3) is 0 Å². The summed E-state index contributed by atoms with van der Waals surface area (Å²) in [5.41, 5.74) is 1.62. The first kappa shape index (κ1) is 8.03. The highest BCUT2D eigenvalue weighted by molar-refractivity contribution is 5.78. The van der Waals surface area contributed by atoms with E-state index < -0.39 is 0 Å². The Morgan fingerprint density at radius 3 is 3.08 bits per heavy atom. The smallest absolute Gasteiger partial charge is 0.133 e. The summed E-state index contributed by atoms with van der Waals surface area (Å²) < 4.78 is 0. The summed E-state index contributed by atoms with van der Waals surface area (Å²) in [5, 5.41) is 0. The van der Waals surface area contributed by atoms with E-state index in [1.165, 1.54) is 25.7 Å². The van der Waals surface area contributed by atoms with Gasteiger partial charge in [-0.05, 0) is 38.0 Å². The molecule has 0 aromatic rings. The second-order valence-corrected chi connectivity index (χ2v) is 4.11. The maximum atomic E-state index is 11.3. The SMILES string of the molecule is O=C1CCCC2=CCCC(C1)C2. The summed E-state index contributed by atoms with van der Waals surface area (Å²) in [6.45, 7) is 0. The first-order valence-electron chi connectivity index (χ1n) is 5.04. The first-order valence-corrected chi connectivity index (χ1v) is 5.04. The molecule has 1 unspecified atom stereocenters. The minimum atomic E-state index is 0.501. The van der Waals surface area contributed by atoms with Crippen LogP contribution in [0.4, 0.5) is 0 Å². The van der Waals surface area contributed by atoms with Crippen molar-refractivity contribution in [3.63, 3.8) is 0 Å². The van der Waals surface area contributed by atoms with Gasteiger partial charge in [0, 0.05) is 12.8 Å². The minimum absolute atomic E-state index is 0.501. The predicted octanol–water partition coefficient (Wildman–Crippen LogP) is 2.86. The van der Waals surface area contributed by atoms with Gasteiger partial charge in [-0.25, -0.2) is 0 Å². The lowest BCUT2D eigenvalue weighted by atomic mass is 9.81. The van der Waals surface area contributed by atoms with Crippen LogP contribution in [-0.2, 0) is 4.79 Å². The highest BCUT2D eigenvalue weighted by Crippen LogP contribution is 2.32. The van der Waals surface area contributed by atoms with E-state index in [1.807, 2.05) is 0 Å². The fraction of sp³-hybridized carbons (Fsp3) is 0.727. The molecule has 2 bridgehead atoms. The summed E-state index contributed by atoms with van der Waals surface area (Å²) in [4.78, 5) is 11.3. The molecule has 1 nitrogen and oxygen atoms in total. The molecule has 1 saturated carbocycles. The molecule has 0 saturated heterocycles. The van der Waals surface area contributed by atoms with Crippen molar-refractivity contribution in [2.24, 2.45) is 5.92 Å². The number of carbonyl (C=O) groups is 1. The predicted molar refractivity (Wildman–Crippen MR) is 48.9 cm³/mol. The molecule has 1 fully saturated rings. The van der Waals surface area contributed by atoms with Crippen LogP contribution < -0.4 is 0 Å². The Balaban J connectivity index is 2.07. The molecular weight excluding hydrogens is 148 g/mol. The maximum Gasteiger partial charge on any atom is 0.133 e. The normalized spacial score (nSPS) is 30.5. The number of ketones is 1. The van der Waals surface area contributed by atoms with E-state index in [0.29, 0.717) is 11.7 Å². The Kier molecular flexibility index (Phi) is 2.29. The second kappa shape index (κ2) is 3.42. The molecule has 2 rings (SSSR count). The number of allylic oxidation sites excluding steroid dienone is 2. The molecule has 1 heteroatoms. The third-order valence-electron chi connectivity index (χ3n) is 3.03. The third-order valence-corrected chi connectivity index (χ3v) is 3.03. The van der Waals surface area contributed by atoms with Crippen LogP contribution in [0.3, 0.4) is 0 Å². The lowest BCUT2D eigenvalue weighted by Crippen LogP contribution is -2.15. The molecule has 2 aliphatic rings. The van der Waals surface area contributed by atoms with Crippen LogP contribution in [0.1, 0.15) is 44.9 Å². The molecule has 0 amide bonds. The van der Waals surface area contributed by atoms with Crippen LogP contribution in [0.15, 0.2) is 11.6 Å². The molecular formula is C11H16O. The van der Waals surface area contributed by atoms with Gasteiger partial charge in [-0.3, -0.25) is 4.79 Å². The number of Topliss-reactive ketones (excluding diaryl/α,β-unsaturated/α-hetero) is 1. The van der Waals surface area contributed by atoms with E-state index >= 15 is 0 Å². The number of hydrogen-bond acceptors (Lipinski definition) is 1. The Morgan fingerprint density at radius 1 is 1.25 bits per heavy atom. The summed E-state index contributed by atoms with van der Waals surface area (Å²) in [7, 11) is 0. The fourth-order valence-electron chi connectivity index (χ4n) is 2.39. The summed E-state index contributed by atoms with van der Waals surface area (Å²) in [5.74, 6) is 1.19. The maximum absolute atomic E-state index is 11.3. The van der Waals surface area contributed by atoms with Gasteiger partial charge in [-0.2, -0.15) is 0 Å². The van der Waals surface area contributed by atoms with Gasteiger partial charge in [0.25, 0.3) is 0 Å². The number of rotatable bonds is 0. The molecule has 0 heterocycles. The summed E-state index contributed by atoms with van der Waals surface area (Å²) >= 11 is 0. The van der Waals surface area contributed by atoms with E-state index in [0.717, 1.165) is 19.3 Å². The van der Waals surface area contributed by atoms with Gasteiger partial charge in [-0.15, -0.1) is 0 Å². The average Bonchev–Trinajstić information content (AvgIpc) is 2.03. The van der Waals surface area contributed by atoms with Crippen molar-refractivity contribution in [3.05, 3.63) is 11.6 Å². The van der Waals surface area contributed by atoms with Gasteiger partial charge < -0.3 is 0 Å². The molecule has 0 aliphatic heterocycles. The van der Waals surface area contributed by atoms with E-state index in [-0.39, 0.29) is 0 Å². The Bertz CT molecular complexity index is 215. The lowest BCUT2D eigenvalue weighted by molar-refractivity contribution is -0.120. The van der Waals surface area contributed by atoms with Crippen molar-refractivity contribution in [2.75, 3.05) is 0 Å².